The van der Waals surface area contributed by atoms with Crippen molar-refractivity contribution in [2.45, 2.75) is 44.8 Å². The molecule has 0 spiro atoms. The van der Waals surface area contributed by atoms with E-state index in [2.05, 4.69) is 5.32 Å². The summed E-state index contributed by atoms with van der Waals surface area (Å²) in [4.78, 5) is 23.8. The van der Waals surface area contributed by atoms with E-state index in [1.807, 2.05) is 48.5 Å². The summed E-state index contributed by atoms with van der Waals surface area (Å²) in [7, 11) is 0. The number of alkyl carbamates (subject to hydrolysis) is 1. The summed E-state index contributed by atoms with van der Waals surface area (Å²) in [5.74, 6) is -1.16. The number of carboxylic acids is 1. The SMILES string of the molecule is CC(C)(C)OC(=O)NC(CC1c2ccccc2-c2ccccc21)C(=O)O. The molecule has 5 nitrogen and oxygen atoms in total. The molecule has 0 aliphatic heterocycles. The van der Waals surface area contributed by atoms with Crippen LogP contribution in [0, 0.1) is 0 Å². The summed E-state index contributed by atoms with van der Waals surface area (Å²) in [5.41, 5.74) is 3.74. The van der Waals surface area contributed by atoms with E-state index in [1.54, 1.807) is 20.8 Å². The highest BCUT2D eigenvalue weighted by Crippen LogP contribution is 2.46. The van der Waals surface area contributed by atoms with Crippen LogP contribution in [0.5, 0.6) is 0 Å². The maximum absolute atomic E-state index is 12.0. The number of amides is 1. The van der Waals surface area contributed by atoms with Crippen LogP contribution in [0.4, 0.5) is 4.79 Å². The summed E-state index contributed by atoms with van der Waals surface area (Å²) in [6.45, 7) is 5.23. The molecule has 2 aromatic carbocycles. The number of hydrogen-bond donors (Lipinski definition) is 2. The van der Waals surface area contributed by atoms with Crippen LogP contribution >= 0.6 is 0 Å². The molecule has 136 valence electrons. The Hall–Kier alpha value is -2.82. The monoisotopic (exact) mass is 353 g/mol. The Kier molecular flexibility index (Phi) is 4.72. The highest BCUT2D eigenvalue weighted by molar-refractivity contribution is 5.82. The van der Waals surface area contributed by atoms with Gasteiger partial charge in [-0.1, -0.05) is 48.5 Å². The molecule has 0 bridgehead atoms. The first kappa shape index (κ1) is 18.0. The summed E-state index contributed by atoms with van der Waals surface area (Å²) in [6.07, 6.45) is -0.452. The molecule has 1 unspecified atom stereocenters. The first-order chi connectivity index (χ1) is 12.3. The molecule has 2 aromatic rings. The summed E-state index contributed by atoms with van der Waals surface area (Å²) in [6, 6.07) is 15.0. The molecule has 1 aliphatic carbocycles. The molecular formula is C21H23NO4. The largest absolute Gasteiger partial charge is 0.480 e. The fraction of sp³-hybridized carbons (Fsp3) is 0.333. The number of carbonyl (C=O) groups excluding carboxylic acids is 1. The second-order valence-corrected chi connectivity index (χ2v) is 7.50. The smallest absolute Gasteiger partial charge is 0.408 e. The molecule has 0 saturated carbocycles. The number of nitrogens with one attached hydrogen (secondary N) is 1. The van der Waals surface area contributed by atoms with Crippen molar-refractivity contribution in [2.75, 3.05) is 0 Å². The molecule has 0 radical (unpaired) electrons. The minimum Gasteiger partial charge on any atom is -0.480 e. The molecule has 0 saturated heterocycles. The van der Waals surface area contributed by atoms with Crippen LogP contribution in [0.25, 0.3) is 11.1 Å². The lowest BCUT2D eigenvalue weighted by molar-refractivity contribution is -0.139. The highest BCUT2D eigenvalue weighted by atomic mass is 16.6. The topological polar surface area (TPSA) is 75.6 Å². The standard InChI is InChI=1S/C21H23NO4/c1-21(2,3)26-20(25)22-18(19(23)24)12-17-15-10-6-4-8-13(15)14-9-5-7-11-16(14)17/h4-11,17-18H,12H2,1-3H3,(H,22,25)(H,23,24). The normalized spacial score (nSPS) is 14.3. The van der Waals surface area contributed by atoms with E-state index in [1.165, 1.54) is 0 Å². The van der Waals surface area contributed by atoms with Crippen LogP contribution in [0.2, 0.25) is 0 Å². The van der Waals surface area contributed by atoms with Gasteiger partial charge in [0.05, 0.1) is 0 Å². The van der Waals surface area contributed by atoms with Gasteiger partial charge in [0.1, 0.15) is 11.6 Å². The summed E-state index contributed by atoms with van der Waals surface area (Å²) < 4.78 is 5.21. The van der Waals surface area contributed by atoms with E-state index >= 15 is 0 Å². The minimum atomic E-state index is -1.07. The van der Waals surface area contributed by atoms with Gasteiger partial charge >= 0.3 is 12.1 Å². The average molecular weight is 353 g/mol. The maximum atomic E-state index is 12.0. The van der Waals surface area contributed by atoms with E-state index in [0.29, 0.717) is 0 Å². The highest BCUT2D eigenvalue weighted by Gasteiger charge is 2.33. The average Bonchev–Trinajstić information content (AvgIpc) is 2.87. The molecule has 0 fully saturated rings. The molecule has 3 rings (SSSR count). The second-order valence-electron chi connectivity index (χ2n) is 7.50. The predicted molar refractivity (Wildman–Crippen MR) is 99.1 cm³/mol. The van der Waals surface area contributed by atoms with Crippen LogP contribution in [0.15, 0.2) is 48.5 Å². The Bertz CT molecular complexity index is 792. The van der Waals surface area contributed by atoms with E-state index in [-0.39, 0.29) is 12.3 Å². The Labute approximate surface area is 153 Å². The van der Waals surface area contributed by atoms with Crippen LogP contribution in [0.3, 0.4) is 0 Å². The molecule has 0 heterocycles. The van der Waals surface area contributed by atoms with Crippen LogP contribution < -0.4 is 5.32 Å². The third-order valence-electron chi connectivity index (χ3n) is 4.42. The van der Waals surface area contributed by atoms with Gasteiger partial charge in [-0.2, -0.15) is 0 Å². The first-order valence-corrected chi connectivity index (χ1v) is 8.67. The van der Waals surface area contributed by atoms with Gasteiger partial charge in [-0.05, 0) is 49.4 Å². The van der Waals surface area contributed by atoms with Gasteiger partial charge in [0.25, 0.3) is 0 Å². The fourth-order valence-electron chi connectivity index (χ4n) is 3.42. The number of aliphatic carboxylic acids is 1. The van der Waals surface area contributed by atoms with Gasteiger partial charge in [0.2, 0.25) is 0 Å². The van der Waals surface area contributed by atoms with Gasteiger partial charge in [-0.25, -0.2) is 9.59 Å². The Morgan fingerprint density at radius 3 is 2.00 bits per heavy atom. The zero-order chi connectivity index (χ0) is 18.9. The molecule has 1 amide bonds. The molecule has 2 N–H and O–H groups in total. The maximum Gasteiger partial charge on any atom is 0.408 e. The van der Waals surface area contributed by atoms with Gasteiger partial charge in [-0.15, -0.1) is 0 Å². The second kappa shape index (κ2) is 6.83. The number of hydrogen-bond acceptors (Lipinski definition) is 3. The predicted octanol–water partition coefficient (Wildman–Crippen LogP) is 4.17. The van der Waals surface area contributed by atoms with Crippen LogP contribution in [-0.4, -0.2) is 28.8 Å². The van der Waals surface area contributed by atoms with E-state index in [0.717, 1.165) is 22.3 Å². The quantitative estimate of drug-likeness (QED) is 0.865. The van der Waals surface area contributed by atoms with Crippen molar-refractivity contribution in [2.24, 2.45) is 0 Å². The zero-order valence-corrected chi connectivity index (χ0v) is 15.2. The number of rotatable bonds is 4. The van der Waals surface area contributed by atoms with Crippen molar-refractivity contribution in [3.63, 3.8) is 0 Å². The van der Waals surface area contributed by atoms with E-state index < -0.39 is 23.7 Å². The van der Waals surface area contributed by atoms with Crippen molar-refractivity contribution in [1.29, 1.82) is 0 Å². The summed E-state index contributed by atoms with van der Waals surface area (Å²) in [5, 5.41) is 12.1. The van der Waals surface area contributed by atoms with Crippen molar-refractivity contribution in [3.05, 3.63) is 59.7 Å². The number of carbonyl (C=O) groups is 2. The van der Waals surface area contributed by atoms with Gasteiger partial charge < -0.3 is 15.2 Å². The first-order valence-electron chi connectivity index (χ1n) is 8.67. The number of carboxylic acid groups (broad SMARTS) is 1. The third-order valence-corrected chi connectivity index (χ3v) is 4.42. The van der Waals surface area contributed by atoms with Gasteiger partial charge in [-0.3, -0.25) is 0 Å². The third kappa shape index (κ3) is 3.72. The van der Waals surface area contributed by atoms with E-state index in [9.17, 15) is 14.7 Å². The Morgan fingerprint density at radius 2 is 1.54 bits per heavy atom. The van der Waals surface area contributed by atoms with E-state index in [4.69, 9.17) is 4.74 Å². The molecule has 1 atom stereocenters. The van der Waals surface area contributed by atoms with Crippen LogP contribution in [-0.2, 0) is 9.53 Å². The number of fused-ring (bicyclic) bond motifs is 3. The summed E-state index contributed by atoms with van der Waals surface area (Å²) >= 11 is 0. The zero-order valence-electron chi connectivity index (χ0n) is 15.2. The number of benzene rings is 2. The molecule has 0 aromatic heterocycles. The lowest BCUT2D eigenvalue weighted by Gasteiger charge is -2.24. The fourth-order valence-corrected chi connectivity index (χ4v) is 3.42. The Morgan fingerprint density at radius 1 is 1.04 bits per heavy atom. The number of ether oxygens (including phenoxy) is 1. The minimum absolute atomic E-state index is 0.0848. The van der Waals surface area contributed by atoms with Gasteiger partial charge in [0, 0.05) is 5.92 Å². The lowest BCUT2D eigenvalue weighted by Crippen LogP contribution is -2.44. The van der Waals surface area contributed by atoms with Crippen molar-refractivity contribution >= 4 is 12.1 Å². The van der Waals surface area contributed by atoms with Crippen molar-refractivity contribution < 1.29 is 19.4 Å². The van der Waals surface area contributed by atoms with Crippen molar-refractivity contribution in [1.82, 2.24) is 5.32 Å². The van der Waals surface area contributed by atoms with Crippen molar-refractivity contribution in [3.8, 4) is 11.1 Å². The van der Waals surface area contributed by atoms with Gasteiger partial charge in [0.15, 0.2) is 0 Å². The molecule has 1 aliphatic rings. The lowest BCUT2D eigenvalue weighted by atomic mass is 9.90. The van der Waals surface area contributed by atoms with Crippen LogP contribution in [0.1, 0.15) is 44.2 Å². The molecular weight excluding hydrogens is 330 g/mol. The molecule has 26 heavy (non-hydrogen) atoms. The Balaban J connectivity index is 1.86. The molecule has 5 heteroatoms.